The number of hydrogen-bond donors (Lipinski definition) is 1. The number of nitrogens with zero attached hydrogens (tertiary/aromatic N) is 2. The van der Waals surface area contributed by atoms with Crippen LogP contribution in [-0.2, 0) is 9.59 Å². The molecule has 1 N–H and O–H groups in total. The number of benzene rings is 2. The van der Waals surface area contributed by atoms with Gasteiger partial charge in [-0.15, -0.1) is 0 Å². The highest BCUT2D eigenvalue weighted by Crippen LogP contribution is 2.14. The molecular formula is C20H19N3O3. The van der Waals surface area contributed by atoms with E-state index in [0.29, 0.717) is 17.0 Å². The Hall–Kier alpha value is -3.59. The summed E-state index contributed by atoms with van der Waals surface area (Å²) >= 11 is 0. The molecule has 0 aliphatic rings. The Labute approximate surface area is 152 Å². The lowest BCUT2D eigenvalue weighted by molar-refractivity contribution is -0.129. The van der Waals surface area contributed by atoms with Crippen molar-refractivity contribution in [1.29, 1.82) is 5.26 Å². The van der Waals surface area contributed by atoms with Crippen LogP contribution in [0.2, 0.25) is 0 Å². The normalized spacial score (nSPS) is 10.2. The maximum atomic E-state index is 12.1. The van der Waals surface area contributed by atoms with Gasteiger partial charge in [0.05, 0.1) is 25.3 Å². The second-order valence-electron chi connectivity index (χ2n) is 5.55. The zero-order chi connectivity index (χ0) is 18.9. The molecule has 6 nitrogen and oxygen atoms in total. The third-order valence-corrected chi connectivity index (χ3v) is 3.54. The van der Waals surface area contributed by atoms with Gasteiger partial charge in [0.15, 0.2) is 0 Å². The van der Waals surface area contributed by atoms with Gasteiger partial charge in [-0.1, -0.05) is 18.2 Å². The van der Waals surface area contributed by atoms with E-state index in [1.807, 2.05) is 24.3 Å². The number of amides is 2. The number of methoxy groups -OCH3 is 1. The largest absolute Gasteiger partial charge is 0.497 e. The van der Waals surface area contributed by atoms with E-state index in [0.717, 1.165) is 5.56 Å². The molecule has 0 heterocycles. The van der Waals surface area contributed by atoms with Gasteiger partial charge < -0.3 is 15.0 Å². The predicted octanol–water partition coefficient (Wildman–Crippen LogP) is 2.68. The molecule has 0 fully saturated rings. The lowest BCUT2D eigenvalue weighted by Gasteiger charge is -2.15. The molecule has 2 aromatic carbocycles. The van der Waals surface area contributed by atoms with Crippen LogP contribution in [0.1, 0.15) is 11.1 Å². The van der Waals surface area contributed by atoms with Crippen LogP contribution >= 0.6 is 0 Å². The van der Waals surface area contributed by atoms with Crippen molar-refractivity contribution in [3.63, 3.8) is 0 Å². The molecule has 0 radical (unpaired) electrons. The Morgan fingerprint density at radius 2 is 2.00 bits per heavy atom. The fraction of sp³-hybridized carbons (Fsp3) is 0.150. The third kappa shape index (κ3) is 5.49. The molecular weight excluding hydrogens is 330 g/mol. The molecule has 0 atom stereocenters. The summed E-state index contributed by atoms with van der Waals surface area (Å²) in [6.45, 7) is -0.0991. The van der Waals surface area contributed by atoms with Gasteiger partial charge in [-0.25, -0.2) is 0 Å². The second kappa shape index (κ2) is 9.04. The first kappa shape index (κ1) is 18.7. The van der Waals surface area contributed by atoms with E-state index in [4.69, 9.17) is 10.00 Å². The average molecular weight is 349 g/mol. The van der Waals surface area contributed by atoms with E-state index in [1.165, 1.54) is 11.0 Å². The van der Waals surface area contributed by atoms with Crippen molar-refractivity contribution in [2.75, 3.05) is 26.0 Å². The van der Waals surface area contributed by atoms with E-state index in [9.17, 15) is 9.59 Å². The van der Waals surface area contributed by atoms with Crippen LogP contribution in [0.3, 0.4) is 0 Å². The van der Waals surface area contributed by atoms with E-state index in [-0.39, 0.29) is 18.4 Å². The Morgan fingerprint density at radius 1 is 1.23 bits per heavy atom. The molecule has 0 saturated carbocycles. The predicted molar refractivity (Wildman–Crippen MR) is 99.5 cm³/mol. The minimum Gasteiger partial charge on any atom is -0.497 e. The molecule has 0 aromatic heterocycles. The summed E-state index contributed by atoms with van der Waals surface area (Å²) in [5.41, 5.74) is 1.79. The highest BCUT2D eigenvalue weighted by atomic mass is 16.5. The summed E-state index contributed by atoms with van der Waals surface area (Å²) in [7, 11) is 3.12. The van der Waals surface area contributed by atoms with Crippen LogP contribution < -0.4 is 10.1 Å². The fourth-order valence-electron chi connectivity index (χ4n) is 2.20. The molecule has 0 aliphatic heterocycles. The summed E-state index contributed by atoms with van der Waals surface area (Å²) in [5.74, 6) is 0.0615. The summed E-state index contributed by atoms with van der Waals surface area (Å²) in [5, 5.41) is 11.5. The van der Waals surface area contributed by atoms with Crippen molar-refractivity contribution in [2.24, 2.45) is 0 Å². The number of carbonyl (C=O) groups excluding carboxylic acids is 2. The van der Waals surface area contributed by atoms with Crippen molar-refractivity contribution in [2.45, 2.75) is 0 Å². The van der Waals surface area contributed by atoms with Crippen molar-refractivity contribution in [1.82, 2.24) is 4.90 Å². The number of nitrogens with one attached hydrogen (secondary N) is 1. The zero-order valence-corrected chi connectivity index (χ0v) is 14.6. The Balaban J connectivity index is 1.92. The number of carbonyl (C=O) groups is 2. The molecule has 0 bridgehead atoms. The lowest BCUT2D eigenvalue weighted by Crippen LogP contribution is -2.33. The fourth-order valence-corrected chi connectivity index (χ4v) is 2.20. The number of ether oxygens (including phenoxy) is 1. The standard InChI is InChI=1S/C20H19N3O3/c1-23(14-19(24)22-17-7-3-6-16(11-17)13-21)20(25)10-9-15-5-4-8-18(12-15)26-2/h3-12H,14H2,1-2H3,(H,22,24)/b10-9+. The quantitative estimate of drug-likeness (QED) is 0.813. The molecule has 6 heteroatoms. The summed E-state index contributed by atoms with van der Waals surface area (Å²) < 4.78 is 5.13. The topological polar surface area (TPSA) is 82.4 Å². The maximum absolute atomic E-state index is 12.1. The molecule has 0 spiro atoms. The maximum Gasteiger partial charge on any atom is 0.246 e. The van der Waals surface area contributed by atoms with Crippen molar-refractivity contribution < 1.29 is 14.3 Å². The van der Waals surface area contributed by atoms with Gasteiger partial charge in [-0.05, 0) is 42.0 Å². The first-order chi connectivity index (χ1) is 12.5. The van der Waals surface area contributed by atoms with Gasteiger partial charge >= 0.3 is 0 Å². The number of hydrogen-bond acceptors (Lipinski definition) is 4. The molecule has 2 amide bonds. The lowest BCUT2D eigenvalue weighted by atomic mass is 10.2. The van der Waals surface area contributed by atoms with Crippen LogP contribution in [0.4, 0.5) is 5.69 Å². The van der Waals surface area contributed by atoms with Gasteiger partial charge in [0.2, 0.25) is 11.8 Å². The number of nitriles is 1. The molecule has 2 aromatic rings. The van der Waals surface area contributed by atoms with Gasteiger partial charge in [0, 0.05) is 18.8 Å². The van der Waals surface area contributed by atoms with Gasteiger partial charge in [-0.2, -0.15) is 5.26 Å². The van der Waals surface area contributed by atoms with Crippen LogP contribution in [-0.4, -0.2) is 37.4 Å². The van der Waals surface area contributed by atoms with E-state index >= 15 is 0 Å². The third-order valence-electron chi connectivity index (χ3n) is 3.54. The SMILES string of the molecule is COc1cccc(/C=C/C(=O)N(C)CC(=O)Nc2cccc(C#N)c2)c1. The van der Waals surface area contributed by atoms with Gasteiger partial charge in [-0.3, -0.25) is 9.59 Å². The second-order valence-corrected chi connectivity index (χ2v) is 5.55. The van der Waals surface area contributed by atoms with Crippen LogP contribution in [0.5, 0.6) is 5.75 Å². The Bertz CT molecular complexity index is 869. The van der Waals surface area contributed by atoms with Gasteiger partial charge in [0.1, 0.15) is 5.75 Å². The summed E-state index contributed by atoms with van der Waals surface area (Å²) in [4.78, 5) is 25.5. The molecule has 2 rings (SSSR count). The first-order valence-electron chi connectivity index (χ1n) is 7.89. The van der Waals surface area contributed by atoms with E-state index in [1.54, 1.807) is 50.6 Å². The molecule has 0 unspecified atom stereocenters. The molecule has 132 valence electrons. The van der Waals surface area contributed by atoms with Crippen LogP contribution in [0.25, 0.3) is 6.08 Å². The van der Waals surface area contributed by atoms with Gasteiger partial charge in [0.25, 0.3) is 0 Å². The van der Waals surface area contributed by atoms with Crippen molar-refractivity contribution >= 4 is 23.6 Å². The first-order valence-corrected chi connectivity index (χ1v) is 7.89. The van der Waals surface area contributed by atoms with E-state index < -0.39 is 0 Å². The highest BCUT2D eigenvalue weighted by Gasteiger charge is 2.11. The minimum absolute atomic E-state index is 0.0991. The monoisotopic (exact) mass is 349 g/mol. The van der Waals surface area contributed by atoms with Crippen LogP contribution in [0, 0.1) is 11.3 Å². The molecule has 0 saturated heterocycles. The summed E-state index contributed by atoms with van der Waals surface area (Å²) in [6, 6.07) is 15.9. The average Bonchev–Trinajstić information content (AvgIpc) is 2.66. The smallest absolute Gasteiger partial charge is 0.246 e. The molecule has 26 heavy (non-hydrogen) atoms. The number of likely N-dealkylation sites (N-methyl/N-ethyl adjacent to an activating group) is 1. The Morgan fingerprint density at radius 3 is 2.73 bits per heavy atom. The zero-order valence-electron chi connectivity index (χ0n) is 14.6. The van der Waals surface area contributed by atoms with E-state index in [2.05, 4.69) is 5.32 Å². The Kier molecular flexibility index (Phi) is 6.52. The minimum atomic E-state index is -0.342. The van der Waals surface area contributed by atoms with Crippen LogP contribution in [0.15, 0.2) is 54.6 Å². The molecule has 0 aliphatic carbocycles. The van der Waals surface area contributed by atoms with Crippen molar-refractivity contribution in [3.05, 3.63) is 65.7 Å². The van der Waals surface area contributed by atoms with Crippen molar-refractivity contribution in [3.8, 4) is 11.8 Å². The highest BCUT2D eigenvalue weighted by molar-refractivity contribution is 5.98. The number of rotatable bonds is 6. The number of anilines is 1. The summed E-state index contributed by atoms with van der Waals surface area (Å²) in [6.07, 6.45) is 3.06.